The van der Waals surface area contributed by atoms with Crippen molar-refractivity contribution in [3.05, 3.63) is 30.1 Å². The Hall–Kier alpha value is -2.23. The van der Waals surface area contributed by atoms with E-state index in [1.807, 2.05) is 4.57 Å². The number of rotatable bonds is 5. The van der Waals surface area contributed by atoms with Crippen molar-refractivity contribution in [3.63, 3.8) is 0 Å². The van der Waals surface area contributed by atoms with Gasteiger partial charge in [0.15, 0.2) is 5.16 Å². The summed E-state index contributed by atoms with van der Waals surface area (Å²) >= 11 is 1.29. The van der Waals surface area contributed by atoms with Gasteiger partial charge in [0.1, 0.15) is 11.6 Å². The maximum atomic E-state index is 12.1. The summed E-state index contributed by atoms with van der Waals surface area (Å²) in [6.07, 6.45) is -0.528. The number of anilines is 1. The molecule has 0 radical (unpaired) electrons. The molecule has 2 heterocycles. The Kier molecular flexibility index (Phi) is 5.70. The van der Waals surface area contributed by atoms with Crippen molar-refractivity contribution in [3.8, 4) is 5.75 Å². The van der Waals surface area contributed by atoms with Gasteiger partial charge in [0, 0.05) is 18.7 Å². The van der Waals surface area contributed by atoms with Crippen LogP contribution >= 0.6 is 11.8 Å². The molecule has 0 aliphatic carbocycles. The highest BCUT2D eigenvalue weighted by Gasteiger charge is 2.31. The lowest BCUT2D eigenvalue weighted by Gasteiger charge is -2.10. The maximum absolute atomic E-state index is 12.1. The summed E-state index contributed by atoms with van der Waals surface area (Å²) in [6, 6.07) is 5.00. The van der Waals surface area contributed by atoms with Gasteiger partial charge in [0.25, 0.3) is 0 Å². The number of nitrogens with zero attached hydrogens (tertiary/aromatic N) is 3. The molecule has 10 heteroatoms. The minimum absolute atomic E-state index is 0.138. The first-order chi connectivity index (χ1) is 12.4. The maximum Gasteiger partial charge on any atom is 0.573 e. The predicted molar refractivity (Wildman–Crippen MR) is 90.1 cm³/mol. The van der Waals surface area contributed by atoms with E-state index < -0.39 is 6.36 Å². The first-order valence-electron chi connectivity index (χ1n) is 8.11. The van der Waals surface area contributed by atoms with Crippen LogP contribution in [0.15, 0.2) is 29.4 Å². The van der Waals surface area contributed by atoms with Crippen LogP contribution in [0.25, 0.3) is 0 Å². The number of hydrogen-bond donors (Lipinski definition) is 1. The summed E-state index contributed by atoms with van der Waals surface area (Å²) in [5.74, 6) is 0.478. The number of ether oxygens (including phenoxy) is 1. The standard InChI is InChI=1S/C16H17F3N4O2S/c17-16(18,19)25-12-7-5-11(6-8-12)20-14(24)10-26-15-22-21-13-4-2-1-3-9-23(13)15/h5-8H,1-4,9-10H2,(H,20,24). The zero-order chi connectivity index (χ0) is 18.6. The van der Waals surface area contributed by atoms with E-state index >= 15 is 0 Å². The Morgan fingerprint density at radius 2 is 1.96 bits per heavy atom. The topological polar surface area (TPSA) is 69.0 Å². The molecule has 2 aromatic rings. The fourth-order valence-corrected chi connectivity index (χ4v) is 3.42. The second-order valence-corrected chi connectivity index (χ2v) is 6.71. The number of aryl methyl sites for hydroxylation is 1. The molecule has 0 unspecified atom stereocenters. The minimum Gasteiger partial charge on any atom is -0.406 e. The van der Waals surface area contributed by atoms with Gasteiger partial charge in [-0.1, -0.05) is 18.2 Å². The van der Waals surface area contributed by atoms with Gasteiger partial charge in [-0.3, -0.25) is 4.79 Å². The van der Waals surface area contributed by atoms with Gasteiger partial charge in [0.05, 0.1) is 5.75 Å². The zero-order valence-corrected chi connectivity index (χ0v) is 14.6. The molecule has 3 rings (SSSR count). The largest absolute Gasteiger partial charge is 0.573 e. The number of alkyl halides is 3. The van der Waals surface area contributed by atoms with Crippen molar-refractivity contribution in [2.24, 2.45) is 0 Å². The molecule has 1 aromatic carbocycles. The van der Waals surface area contributed by atoms with E-state index in [-0.39, 0.29) is 17.4 Å². The van der Waals surface area contributed by atoms with Crippen LogP contribution in [-0.4, -0.2) is 32.8 Å². The fraction of sp³-hybridized carbons (Fsp3) is 0.438. The van der Waals surface area contributed by atoms with Gasteiger partial charge in [-0.25, -0.2) is 0 Å². The molecule has 1 aliphatic heterocycles. The molecule has 6 nitrogen and oxygen atoms in total. The number of carbonyl (C=O) groups is 1. The fourth-order valence-electron chi connectivity index (χ4n) is 2.63. The summed E-state index contributed by atoms with van der Waals surface area (Å²) in [6.45, 7) is 0.854. The van der Waals surface area contributed by atoms with Crippen LogP contribution in [0.5, 0.6) is 5.75 Å². The number of halogens is 3. The van der Waals surface area contributed by atoms with Crippen LogP contribution in [0.4, 0.5) is 18.9 Å². The number of hydrogen-bond acceptors (Lipinski definition) is 5. The third-order valence-corrected chi connectivity index (χ3v) is 4.75. The molecule has 1 amide bonds. The lowest BCUT2D eigenvalue weighted by molar-refractivity contribution is -0.274. The molecular weight excluding hydrogens is 369 g/mol. The molecule has 0 saturated heterocycles. The molecule has 26 heavy (non-hydrogen) atoms. The third-order valence-electron chi connectivity index (χ3n) is 3.78. The number of carbonyl (C=O) groups excluding carboxylic acids is 1. The van der Waals surface area contributed by atoms with Gasteiger partial charge in [0.2, 0.25) is 5.91 Å². The minimum atomic E-state index is -4.74. The summed E-state index contributed by atoms with van der Waals surface area (Å²) in [7, 11) is 0. The number of amides is 1. The van der Waals surface area contributed by atoms with E-state index in [0.717, 1.165) is 50.2 Å². The lowest BCUT2D eigenvalue weighted by atomic mass is 10.2. The van der Waals surface area contributed by atoms with Gasteiger partial charge >= 0.3 is 6.36 Å². The van der Waals surface area contributed by atoms with E-state index in [2.05, 4.69) is 20.3 Å². The molecule has 0 saturated carbocycles. The SMILES string of the molecule is O=C(CSc1nnc2n1CCCCC2)Nc1ccc(OC(F)(F)F)cc1. The van der Waals surface area contributed by atoms with Crippen molar-refractivity contribution in [1.82, 2.24) is 14.8 Å². The predicted octanol–water partition coefficient (Wildman–Crippen LogP) is 3.63. The van der Waals surface area contributed by atoms with Gasteiger partial charge in [-0.05, 0) is 37.1 Å². The third kappa shape index (κ3) is 5.13. The molecule has 1 aliphatic rings. The first kappa shape index (κ1) is 18.6. The lowest BCUT2D eigenvalue weighted by Crippen LogP contribution is -2.17. The molecule has 140 valence electrons. The van der Waals surface area contributed by atoms with Crippen LogP contribution < -0.4 is 10.1 Å². The van der Waals surface area contributed by atoms with E-state index in [1.165, 1.54) is 23.9 Å². The normalized spacial score (nSPS) is 14.4. The number of aromatic nitrogens is 3. The number of nitrogens with one attached hydrogen (secondary N) is 1. The highest BCUT2D eigenvalue weighted by Crippen LogP contribution is 2.25. The molecule has 1 N–H and O–H groups in total. The highest BCUT2D eigenvalue weighted by atomic mass is 32.2. The summed E-state index contributed by atoms with van der Waals surface area (Å²) in [4.78, 5) is 12.1. The number of fused-ring (bicyclic) bond motifs is 1. The zero-order valence-electron chi connectivity index (χ0n) is 13.8. The van der Waals surface area contributed by atoms with Gasteiger partial charge in [-0.15, -0.1) is 23.4 Å². The molecule has 0 bridgehead atoms. The average Bonchev–Trinajstić information content (AvgIpc) is 2.80. The summed E-state index contributed by atoms with van der Waals surface area (Å²) in [5, 5.41) is 11.7. The Labute approximate surface area is 152 Å². The molecule has 0 spiro atoms. The smallest absolute Gasteiger partial charge is 0.406 e. The van der Waals surface area contributed by atoms with Crippen LogP contribution in [0.2, 0.25) is 0 Å². The molecular formula is C16H17F3N4O2S. The van der Waals surface area contributed by atoms with Crippen molar-refractivity contribution in [2.75, 3.05) is 11.1 Å². The number of benzene rings is 1. The van der Waals surface area contributed by atoms with E-state index in [9.17, 15) is 18.0 Å². The second kappa shape index (κ2) is 7.98. The molecule has 0 atom stereocenters. The Bertz CT molecular complexity index is 762. The quantitative estimate of drug-likeness (QED) is 0.795. The van der Waals surface area contributed by atoms with Crippen LogP contribution in [0.3, 0.4) is 0 Å². The van der Waals surface area contributed by atoms with Gasteiger partial charge < -0.3 is 14.6 Å². The Balaban J connectivity index is 1.52. The van der Waals surface area contributed by atoms with Crippen molar-refractivity contribution >= 4 is 23.4 Å². The van der Waals surface area contributed by atoms with Crippen molar-refractivity contribution < 1.29 is 22.7 Å². The monoisotopic (exact) mass is 386 g/mol. The summed E-state index contributed by atoms with van der Waals surface area (Å²) < 4.78 is 42.2. The Morgan fingerprint density at radius 1 is 1.19 bits per heavy atom. The van der Waals surface area contributed by atoms with Crippen molar-refractivity contribution in [1.29, 1.82) is 0 Å². The van der Waals surface area contributed by atoms with E-state index in [4.69, 9.17) is 0 Å². The second-order valence-electron chi connectivity index (χ2n) is 5.77. The Morgan fingerprint density at radius 3 is 2.69 bits per heavy atom. The van der Waals surface area contributed by atoms with Crippen LogP contribution in [-0.2, 0) is 17.8 Å². The molecule has 0 fully saturated rings. The van der Waals surface area contributed by atoms with E-state index in [0.29, 0.717) is 10.8 Å². The first-order valence-corrected chi connectivity index (χ1v) is 9.10. The average molecular weight is 386 g/mol. The van der Waals surface area contributed by atoms with Crippen LogP contribution in [0, 0.1) is 0 Å². The molecule has 1 aromatic heterocycles. The van der Waals surface area contributed by atoms with Crippen molar-refractivity contribution in [2.45, 2.75) is 43.7 Å². The number of thioether (sulfide) groups is 1. The summed E-state index contributed by atoms with van der Waals surface area (Å²) in [5.41, 5.74) is 0.394. The van der Waals surface area contributed by atoms with E-state index in [1.54, 1.807) is 0 Å². The van der Waals surface area contributed by atoms with Crippen LogP contribution in [0.1, 0.15) is 25.1 Å². The highest BCUT2D eigenvalue weighted by molar-refractivity contribution is 7.99. The van der Waals surface area contributed by atoms with Gasteiger partial charge in [-0.2, -0.15) is 0 Å².